The van der Waals surface area contributed by atoms with Crippen LogP contribution < -0.4 is 16.0 Å². The van der Waals surface area contributed by atoms with Gasteiger partial charge in [-0.2, -0.15) is 0 Å². The third kappa shape index (κ3) is 7.69. The number of aliphatic imine (C=N–C) groups is 1. The van der Waals surface area contributed by atoms with E-state index in [0.29, 0.717) is 0 Å². The Hall–Kier alpha value is -1.98. The molecule has 5 heteroatoms. The molecule has 0 spiro atoms. The SMILES string of the molecule is C=CC1=C(SC)C(=C)NC(=NCCCNCc2cc(C)cc(C)c2CCC)N1.CC. The van der Waals surface area contributed by atoms with Crippen molar-refractivity contribution in [3.05, 3.63) is 69.9 Å². The Labute approximate surface area is 188 Å². The topological polar surface area (TPSA) is 48.5 Å². The summed E-state index contributed by atoms with van der Waals surface area (Å²) in [5, 5.41) is 10.1. The van der Waals surface area contributed by atoms with Gasteiger partial charge in [-0.1, -0.05) is 58.0 Å². The normalized spacial score (nSPS) is 14.7. The zero-order valence-corrected chi connectivity index (χ0v) is 20.6. The number of hydrogen-bond acceptors (Lipinski definition) is 3. The van der Waals surface area contributed by atoms with Crippen molar-refractivity contribution in [1.29, 1.82) is 0 Å². The van der Waals surface area contributed by atoms with Crippen LogP contribution in [0.3, 0.4) is 0 Å². The van der Waals surface area contributed by atoms with Gasteiger partial charge in [0.05, 0.1) is 10.6 Å². The van der Waals surface area contributed by atoms with Gasteiger partial charge < -0.3 is 16.0 Å². The van der Waals surface area contributed by atoms with Crippen LogP contribution in [-0.4, -0.2) is 25.3 Å². The van der Waals surface area contributed by atoms with E-state index >= 15 is 0 Å². The Kier molecular flexibility index (Phi) is 12.2. The highest BCUT2D eigenvalue weighted by molar-refractivity contribution is 8.02. The van der Waals surface area contributed by atoms with E-state index in [4.69, 9.17) is 0 Å². The maximum absolute atomic E-state index is 4.62. The van der Waals surface area contributed by atoms with E-state index in [-0.39, 0.29) is 0 Å². The summed E-state index contributed by atoms with van der Waals surface area (Å²) < 4.78 is 0. The van der Waals surface area contributed by atoms with Gasteiger partial charge >= 0.3 is 0 Å². The number of nitrogens with one attached hydrogen (secondary N) is 3. The van der Waals surface area contributed by atoms with Crippen molar-refractivity contribution in [2.45, 2.75) is 60.4 Å². The van der Waals surface area contributed by atoms with E-state index in [2.05, 4.69) is 67.0 Å². The molecule has 0 fully saturated rings. The van der Waals surface area contributed by atoms with Crippen LogP contribution in [0.15, 0.2) is 52.7 Å². The Morgan fingerprint density at radius 2 is 1.93 bits per heavy atom. The van der Waals surface area contributed by atoms with Crippen molar-refractivity contribution in [3.63, 3.8) is 0 Å². The van der Waals surface area contributed by atoms with Crippen LogP contribution in [0.25, 0.3) is 0 Å². The maximum Gasteiger partial charge on any atom is 0.200 e. The number of aryl methyl sites for hydroxylation is 2. The van der Waals surface area contributed by atoms with Gasteiger partial charge in [0.2, 0.25) is 0 Å². The Morgan fingerprint density at radius 1 is 1.20 bits per heavy atom. The third-order valence-electron chi connectivity index (χ3n) is 4.76. The second-order valence-electron chi connectivity index (χ2n) is 7.11. The Morgan fingerprint density at radius 3 is 2.57 bits per heavy atom. The molecule has 1 aromatic carbocycles. The largest absolute Gasteiger partial charge is 0.326 e. The van der Waals surface area contributed by atoms with E-state index in [1.165, 1.54) is 28.7 Å². The van der Waals surface area contributed by atoms with Crippen molar-refractivity contribution in [2.24, 2.45) is 4.99 Å². The summed E-state index contributed by atoms with van der Waals surface area (Å²) in [7, 11) is 0. The molecule has 1 heterocycles. The summed E-state index contributed by atoms with van der Waals surface area (Å²) in [4.78, 5) is 5.70. The van der Waals surface area contributed by atoms with Gasteiger partial charge in [-0.25, -0.2) is 0 Å². The number of hydrogen-bond donors (Lipinski definition) is 3. The highest BCUT2D eigenvalue weighted by atomic mass is 32.2. The van der Waals surface area contributed by atoms with Gasteiger partial charge in [0, 0.05) is 18.8 Å². The summed E-state index contributed by atoms with van der Waals surface area (Å²) in [6.45, 7) is 21.2. The smallest absolute Gasteiger partial charge is 0.200 e. The fourth-order valence-electron chi connectivity index (χ4n) is 3.50. The van der Waals surface area contributed by atoms with Gasteiger partial charge in [0.25, 0.3) is 0 Å². The van der Waals surface area contributed by atoms with E-state index in [1.54, 1.807) is 11.8 Å². The van der Waals surface area contributed by atoms with Crippen LogP contribution in [0.2, 0.25) is 0 Å². The number of allylic oxidation sites excluding steroid dienone is 1. The summed E-state index contributed by atoms with van der Waals surface area (Å²) in [5.74, 6) is 0.747. The lowest BCUT2D eigenvalue weighted by molar-refractivity contribution is 0.649. The maximum atomic E-state index is 4.62. The zero-order valence-electron chi connectivity index (χ0n) is 19.7. The highest BCUT2D eigenvalue weighted by Gasteiger charge is 2.16. The second kappa shape index (κ2) is 14.1. The lowest BCUT2D eigenvalue weighted by Gasteiger charge is -2.24. The first-order chi connectivity index (χ1) is 14.5. The summed E-state index contributed by atoms with van der Waals surface area (Å²) in [5.41, 5.74) is 7.52. The number of guanidine groups is 1. The molecular formula is C25H40N4S. The predicted molar refractivity (Wildman–Crippen MR) is 136 cm³/mol. The first-order valence-electron chi connectivity index (χ1n) is 11.0. The predicted octanol–water partition coefficient (Wildman–Crippen LogP) is 5.58. The fraction of sp³-hybridized carbons (Fsp3) is 0.480. The van der Waals surface area contributed by atoms with Crippen molar-refractivity contribution in [1.82, 2.24) is 16.0 Å². The molecule has 2 rings (SSSR count). The Balaban J connectivity index is 0.00000218. The molecule has 0 aromatic heterocycles. The van der Waals surface area contributed by atoms with Gasteiger partial charge in [-0.05, 0) is 62.3 Å². The van der Waals surface area contributed by atoms with Gasteiger partial charge in [0.15, 0.2) is 5.96 Å². The molecular weight excluding hydrogens is 388 g/mol. The van der Waals surface area contributed by atoms with E-state index in [9.17, 15) is 0 Å². The lowest BCUT2D eigenvalue weighted by Crippen LogP contribution is -2.41. The van der Waals surface area contributed by atoms with Gasteiger partial charge in [-0.15, -0.1) is 11.8 Å². The number of thioether (sulfide) groups is 1. The highest BCUT2D eigenvalue weighted by Crippen LogP contribution is 2.24. The standard InChI is InChI=1S/C23H34N4S.C2H6/c1-7-10-20-17(4)13-16(3)14-19(20)15-24-11-9-12-25-23-26-18(5)22(28-6)21(8-2)27-23;1-2/h8,13-14,24H,2,5,7,9-12,15H2,1,3-4,6H3,(H2,25,26,27);1-2H3. The van der Waals surface area contributed by atoms with E-state index in [0.717, 1.165) is 54.7 Å². The molecule has 4 nitrogen and oxygen atoms in total. The molecule has 1 aromatic rings. The summed E-state index contributed by atoms with van der Waals surface area (Å²) in [6.07, 6.45) is 7.15. The number of nitrogens with zero attached hydrogens (tertiary/aromatic N) is 1. The molecule has 0 unspecified atom stereocenters. The lowest BCUT2D eigenvalue weighted by atomic mass is 9.95. The van der Waals surface area contributed by atoms with Crippen LogP contribution in [0.1, 0.15) is 55.9 Å². The molecule has 0 radical (unpaired) electrons. The van der Waals surface area contributed by atoms with Gasteiger partial charge in [0.1, 0.15) is 0 Å². The van der Waals surface area contributed by atoms with Crippen molar-refractivity contribution in [3.8, 4) is 0 Å². The molecule has 1 aliphatic heterocycles. The quantitative estimate of drug-likeness (QED) is 0.426. The molecule has 0 atom stereocenters. The van der Waals surface area contributed by atoms with E-state index in [1.807, 2.05) is 26.2 Å². The molecule has 0 saturated heterocycles. The van der Waals surface area contributed by atoms with Gasteiger partial charge in [-0.3, -0.25) is 4.99 Å². The van der Waals surface area contributed by atoms with E-state index < -0.39 is 0 Å². The third-order valence-corrected chi connectivity index (χ3v) is 5.63. The monoisotopic (exact) mass is 428 g/mol. The molecule has 166 valence electrons. The molecule has 0 aliphatic carbocycles. The fourth-order valence-corrected chi connectivity index (χ4v) is 4.15. The zero-order chi connectivity index (χ0) is 22.5. The second-order valence-corrected chi connectivity index (χ2v) is 7.93. The summed E-state index contributed by atoms with van der Waals surface area (Å²) >= 11 is 1.65. The van der Waals surface area contributed by atoms with Crippen LogP contribution in [0, 0.1) is 13.8 Å². The minimum absolute atomic E-state index is 0.747. The minimum atomic E-state index is 0.747. The van der Waals surface area contributed by atoms with Crippen molar-refractivity contribution in [2.75, 3.05) is 19.3 Å². The van der Waals surface area contributed by atoms with Crippen LogP contribution >= 0.6 is 11.8 Å². The minimum Gasteiger partial charge on any atom is -0.326 e. The first-order valence-corrected chi connectivity index (χ1v) is 12.2. The van der Waals surface area contributed by atoms with Crippen molar-refractivity contribution < 1.29 is 0 Å². The number of rotatable bonds is 10. The molecule has 30 heavy (non-hydrogen) atoms. The molecule has 0 saturated carbocycles. The molecule has 0 amide bonds. The van der Waals surface area contributed by atoms with Crippen LogP contribution in [-0.2, 0) is 13.0 Å². The summed E-state index contributed by atoms with van der Waals surface area (Å²) in [6, 6.07) is 4.61. The first kappa shape index (κ1) is 26.1. The molecule has 3 N–H and O–H groups in total. The molecule has 0 bridgehead atoms. The van der Waals surface area contributed by atoms with Crippen LogP contribution in [0.5, 0.6) is 0 Å². The van der Waals surface area contributed by atoms with Crippen LogP contribution in [0.4, 0.5) is 0 Å². The average molecular weight is 429 g/mol. The molecule has 1 aliphatic rings. The number of benzene rings is 1. The Bertz CT molecular complexity index is 778. The van der Waals surface area contributed by atoms with Crippen molar-refractivity contribution >= 4 is 17.7 Å². The average Bonchev–Trinajstić information content (AvgIpc) is 2.73.